The van der Waals surface area contributed by atoms with Crippen LogP contribution in [0.5, 0.6) is 0 Å². The summed E-state index contributed by atoms with van der Waals surface area (Å²) in [5.41, 5.74) is 0.123. The van der Waals surface area contributed by atoms with Crippen molar-refractivity contribution in [3.05, 3.63) is 5.32 Å². The van der Waals surface area contributed by atoms with Gasteiger partial charge in [0.05, 0.1) is 5.60 Å². The van der Waals surface area contributed by atoms with Gasteiger partial charge in [-0.1, -0.05) is 0 Å². The SMILES string of the molecule is C1COC2(C[N-]1)CNC2.[Rb+]. The molecule has 0 atom stereocenters. The van der Waals surface area contributed by atoms with Crippen molar-refractivity contribution in [2.75, 3.05) is 32.8 Å². The average Bonchev–Trinajstić information content (AvgIpc) is 1.87. The first-order valence-electron chi connectivity index (χ1n) is 3.39. The maximum atomic E-state index is 5.55. The molecule has 0 aromatic carbocycles. The van der Waals surface area contributed by atoms with Crippen LogP contribution >= 0.6 is 0 Å². The predicted octanol–water partition coefficient (Wildman–Crippen LogP) is -3.26. The van der Waals surface area contributed by atoms with Gasteiger partial charge in [0, 0.05) is 19.7 Å². The van der Waals surface area contributed by atoms with E-state index in [1.54, 1.807) is 0 Å². The molecule has 10 heavy (non-hydrogen) atoms. The van der Waals surface area contributed by atoms with E-state index in [2.05, 4.69) is 10.6 Å². The van der Waals surface area contributed by atoms with Crippen molar-refractivity contribution in [2.24, 2.45) is 0 Å². The Balaban J connectivity index is 0.000000500. The molecule has 0 aromatic rings. The first-order chi connectivity index (χ1) is 4.41. The smallest absolute Gasteiger partial charge is 0.658 e. The summed E-state index contributed by atoms with van der Waals surface area (Å²) < 4.78 is 5.55. The standard InChI is InChI=1S/C6H11N2O.Rb/c1-2-9-6(3-7-1)4-8-5-6;/h8H,1-5H2;/q-1;+1. The fourth-order valence-corrected chi connectivity index (χ4v) is 1.27. The first-order valence-corrected chi connectivity index (χ1v) is 3.39. The summed E-state index contributed by atoms with van der Waals surface area (Å²) in [6.45, 7) is 4.61. The quantitative estimate of drug-likeness (QED) is 0.458. The Hall–Kier alpha value is 1.69. The molecule has 3 nitrogen and oxygen atoms in total. The Morgan fingerprint density at radius 2 is 2.20 bits per heavy atom. The van der Waals surface area contributed by atoms with Crippen LogP contribution in [0.3, 0.4) is 0 Å². The minimum absolute atomic E-state index is 0. The van der Waals surface area contributed by atoms with Crippen LogP contribution in [0.15, 0.2) is 0 Å². The van der Waals surface area contributed by atoms with E-state index in [1.807, 2.05) is 0 Å². The second-order valence-corrected chi connectivity index (χ2v) is 2.74. The van der Waals surface area contributed by atoms with Crippen molar-refractivity contribution in [2.45, 2.75) is 5.60 Å². The number of rotatable bonds is 0. The van der Waals surface area contributed by atoms with Crippen molar-refractivity contribution < 1.29 is 62.9 Å². The van der Waals surface area contributed by atoms with Crippen LogP contribution < -0.4 is 63.5 Å². The fourth-order valence-electron chi connectivity index (χ4n) is 1.27. The van der Waals surface area contributed by atoms with E-state index in [0.717, 1.165) is 32.8 Å². The molecule has 0 amide bonds. The van der Waals surface area contributed by atoms with E-state index < -0.39 is 0 Å². The summed E-state index contributed by atoms with van der Waals surface area (Å²) in [6.07, 6.45) is 0. The van der Waals surface area contributed by atoms with Gasteiger partial charge in [-0.15, -0.1) is 13.1 Å². The van der Waals surface area contributed by atoms with Gasteiger partial charge in [0.15, 0.2) is 0 Å². The number of hydrogen-bond acceptors (Lipinski definition) is 2. The molecule has 2 aliphatic rings. The minimum atomic E-state index is 0. The number of nitrogens with one attached hydrogen (secondary N) is 1. The largest absolute Gasteiger partial charge is 1.00 e. The van der Waals surface area contributed by atoms with Gasteiger partial charge < -0.3 is 15.4 Å². The third kappa shape index (κ3) is 1.89. The predicted molar refractivity (Wildman–Crippen MR) is 34.6 cm³/mol. The molecule has 0 bridgehead atoms. The van der Waals surface area contributed by atoms with E-state index >= 15 is 0 Å². The number of hydrogen-bond donors (Lipinski definition) is 1. The number of nitrogens with zero attached hydrogens (tertiary/aromatic N) is 1. The van der Waals surface area contributed by atoms with Gasteiger partial charge >= 0.3 is 58.2 Å². The summed E-state index contributed by atoms with van der Waals surface area (Å²) >= 11 is 0. The van der Waals surface area contributed by atoms with Crippen LogP contribution in [0.25, 0.3) is 5.32 Å². The van der Waals surface area contributed by atoms with Crippen LogP contribution in [0.1, 0.15) is 0 Å². The molecule has 52 valence electrons. The maximum absolute atomic E-state index is 5.55. The molecule has 2 fully saturated rings. The fraction of sp³-hybridized carbons (Fsp3) is 1.00. The van der Waals surface area contributed by atoms with Crippen molar-refractivity contribution in [3.8, 4) is 0 Å². The minimum Gasteiger partial charge on any atom is -0.658 e. The molecule has 2 heterocycles. The third-order valence-electron chi connectivity index (χ3n) is 1.95. The molecule has 1 spiro atoms. The van der Waals surface area contributed by atoms with E-state index in [0.29, 0.717) is 0 Å². The Bertz CT molecular complexity index is 108. The van der Waals surface area contributed by atoms with Gasteiger partial charge in [-0.3, -0.25) is 0 Å². The van der Waals surface area contributed by atoms with Gasteiger partial charge in [0.25, 0.3) is 0 Å². The number of ether oxygens (including phenoxy) is 1. The van der Waals surface area contributed by atoms with Gasteiger partial charge in [0.1, 0.15) is 0 Å². The second-order valence-electron chi connectivity index (χ2n) is 2.74. The molecule has 0 aliphatic carbocycles. The Morgan fingerprint density at radius 1 is 1.40 bits per heavy atom. The molecule has 0 aromatic heterocycles. The molecular formula is C6H11N2ORb. The van der Waals surface area contributed by atoms with Crippen LogP contribution in [0, 0.1) is 0 Å². The number of morpholine rings is 1. The zero-order valence-corrected chi connectivity index (χ0v) is 11.3. The summed E-state index contributed by atoms with van der Waals surface area (Å²) in [5, 5.41) is 7.47. The Labute approximate surface area is 110 Å². The third-order valence-corrected chi connectivity index (χ3v) is 1.95. The van der Waals surface area contributed by atoms with Gasteiger partial charge in [-0.25, -0.2) is 0 Å². The summed E-state index contributed by atoms with van der Waals surface area (Å²) in [5.74, 6) is 0. The molecule has 0 radical (unpaired) electrons. The zero-order chi connectivity index (χ0) is 6.16. The summed E-state index contributed by atoms with van der Waals surface area (Å²) in [7, 11) is 0. The Kier molecular flexibility index (Phi) is 3.98. The zero-order valence-electron chi connectivity index (χ0n) is 6.39. The normalized spacial score (nSPS) is 28.8. The van der Waals surface area contributed by atoms with Gasteiger partial charge in [0.2, 0.25) is 0 Å². The average molecular weight is 213 g/mol. The second kappa shape index (κ2) is 4.07. The van der Waals surface area contributed by atoms with Crippen LogP contribution in [0.2, 0.25) is 0 Å². The molecule has 4 heteroatoms. The molecule has 2 saturated heterocycles. The molecule has 2 aliphatic heterocycles. The Morgan fingerprint density at radius 3 is 2.50 bits per heavy atom. The van der Waals surface area contributed by atoms with Crippen LogP contribution in [-0.4, -0.2) is 38.4 Å². The summed E-state index contributed by atoms with van der Waals surface area (Å²) in [4.78, 5) is 0. The van der Waals surface area contributed by atoms with Gasteiger partial charge in [-0.05, 0) is 0 Å². The molecule has 2 rings (SSSR count). The monoisotopic (exact) mass is 212 g/mol. The van der Waals surface area contributed by atoms with Crippen LogP contribution in [-0.2, 0) is 4.74 Å². The van der Waals surface area contributed by atoms with Gasteiger partial charge in [-0.2, -0.15) is 0 Å². The van der Waals surface area contributed by atoms with E-state index in [1.165, 1.54) is 0 Å². The van der Waals surface area contributed by atoms with Crippen LogP contribution in [0.4, 0.5) is 0 Å². The van der Waals surface area contributed by atoms with Crippen molar-refractivity contribution in [1.29, 1.82) is 0 Å². The molecule has 0 unspecified atom stereocenters. The van der Waals surface area contributed by atoms with Crippen molar-refractivity contribution in [3.63, 3.8) is 0 Å². The maximum Gasteiger partial charge on any atom is 1.00 e. The van der Waals surface area contributed by atoms with Crippen molar-refractivity contribution >= 4 is 0 Å². The molecular weight excluding hydrogens is 202 g/mol. The topological polar surface area (TPSA) is 35.4 Å². The van der Waals surface area contributed by atoms with E-state index in [9.17, 15) is 0 Å². The molecule has 0 saturated carbocycles. The summed E-state index contributed by atoms with van der Waals surface area (Å²) in [6, 6.07) is 0. The van der Waals surface area contributed by atoms with E-state index in [-0.39, 0.29) is 63.8 Å². The first kappa shape index (κ1) is 9.77. The van der Waals surface area contributed by atoms with Crippen molar-refractivity contribution in [1.82, 2.24) is 5.32 Å². The molecule has 1 N–H and O–H groups in total. The van der Waals surface area contributed by atoms with E-state index in [4.69, 9.17) is 4.74 Å².